The molecule has 0 amide bonds. The molecule has 0 unspecified atom stereocenters. The molecule has 2 aliphatic rings. The Hall–Kier alpha value is -0.885. The van der Waals surface area contributed by atoms with Crippen molar-refractivity contribution in [1.29, 1.82) is 0 Å². The fourth-order valence-corrected chi connectivity index (χ4v) is 3.02. The van der Waals surface area contributed by atoms with Gasteiger partial charge in [0.15, 0.2) is 0 Å². The van der Waals surface area contributed by atoms with E-state index in [4.69, 9.17) is 14.0 Å². The standard InChI is InChI=1S/C15H26BN3O3.C5H12/c1-14(2)15(3,4)22-16(21-14)13-11-17-19(12-13)6-5-18-7-9-20-10-8-18;1-3-5-4-2/h11-12H,5-10H2,1-4H3;3-5H2,1-2H3. The summed E-state index contributed by atoms with van der Waals surface area (Å²) < 4.78 is 19.4. The summed E-state index contributed by atoms with van der Waals surface area (Å²) in [5.74, 6) is 0. The van der Waals surface area contributed by atoms with Crippen LogP contribution in [0.1, 0.15) is 60.8 Å². The van der Waals surface area contributed by atoms with Crippen molar-refractivity contribution in [3.63, 3.8) is 0 Å². The lowest BCUT2D eigenvalue weighted by Gasteiger charge is -2.32. The van der Waals surface area contributed by atoms with Crippen molar-refractivity contribution in [3.8, 4) is 0 Å². The second-order valence-corrected chi connectivity index (χ2v) is 8.43. The first kappa shape index (κ1) is 22.4. The average Bonchev–Trinajstić information content (AvgIpc) is 3.18. The molecular formula is C20H38BN3O3. The molecule has 3 heterocycles. The van der Waals surface area contributed by atoms with Gasteiger partial charge in [0, 0.05) is 37.5 Å². The van der Waals surface area contributed by atoms with Gasteiger partial charge in [0.05, 0.1) is 31.0 Å². The van der Waals surface area contributed by atoms with Crippen LogP contribution in [0, 0.1) is 0 Å². The van der Waals surface area contributed by atoms with E-state index >= 15 is 0 Å². The van der Waals surface area contributed by atoms with Gasteiger partial charge in [-0.1, -0.05) is 33.1 Å². The zero-order chi connectivity index (χ0) is 19.9. The molecule has 3 rings (SSSR count). The molecule has 2 aliphatic heterocycles. The lowest BCUT2D eigenvalue weighted by molar-refractivity contribution is 0.00578. The SMILES string of the molecule is CC1(C)OB(c2cnn(CCN3CCOCC3)c2)OC1(C)C.CCCCC. The van der Waals surface area contributed by atoms with Crippen molar-refractivity contribution in [2.24, 2.45) is 0 Å². The quantitative estimate of drug-likeness (QED) is 0.712. The minimum atomic E-state index is -0.331. The number of nitrogens with zero attached hydrogens (tertiary/aromatic N) is 3. The molecule has 0 saturated carbocycles. The van der Waals surface area contributed by atoms with Crippen LogP contribution in [-0.4, -0.2) is 65.8 Å². The molecule has 7 heteroatoms. The summed E-state index contributed by atoms with van der Waals surface area (Å²) >= 11 is 0. The number of aromatic nitrogens is 2. The van der Waals surface area contributed by atoms with Gasteiger partial charge in [0.2, 0.25) is 0 Å². The Balaban J connectivity index is 0.000000465. The normalized spacial score (nSPS) is 21.8. The lowest BCUT2D eigenvalue weighted by Crippen LogP contribution is -2.41. The molecule has 0 atom stereocenters. The van der Waals surface area contributed by atoms with E-state index in [9.17, 15) is 0 Å². The maximum absolute atomic E-state index is 6.06. The Bertz CT molecular complexity index is 538. The molecule has 2 saturated heterocycles. The van der Waals surface area contributed by atoms with E-state index in [0.29, 0.717) is 0 Å². The number of ether oxygens (including phenoxy) is 1. The van der Waals surface area contributed by atoms with Gasteiger partial charge in [-0.3, -0.25) is 9.58 Å². The first-order valence-electron chi connectivity index (χ1n) is 10.5. The molecule has 0 spiro atoms. The van der Waals surface area contributed by atoms with Crippen LogP contribution in [0.3, 0.4) is 0 Å². The maximum atomic E-state index is 6.06. The second-order valence-electron chi connectivity index (χ2n) is 8.43. The number of rotatable bonds is 6. The minimum Gasteiger partial charge on any atom is -0.399 e. The van der Waals surface area contributed by atoms with Crippen molar-refractivity contribution < 1.29 is 14.0 Å². The second kappa shape index (κ2) is 10.1. The lowest BCUT2D eigenvalue weighted by atomic mass is 9.82. The Labute approximate surface area is 165 Å². The number of hydrogen-bond acceptors (Lipinski definition) is 5. The molecule has 27 heavy (non-hydrogen) atoms. The largest absolute Gasteiger partial charge is 0.498 e. The van der Waals surface area contributed by atoms with Crippen molar-refractivity contribution in [1.82, 2.24) is 14.7 Å². The highest BCUT2D eigenvalue weighted by Gasteiger charge is 2.52. The zero-order valence-corrected chi connectivity index (χ0v) is 18.2. The third-order valence-corrected chi connectivity index (χ3v) is 5.63. The summed E-state index contributed by atoms with van der Waals surface area (Å²) in [5, 5.41) is 4.44. The number of unbranched alkanes of at least 4 members (excludes halogenated alkanes) is 2. The number of morpholine rings is 1. The van der Waals surface area contributed by atoms with Crippen LogP contribution in [0.4, 0.5) is 0 Å². The monoisotopic (exact) mass is 379 g/mol. The fourth-order valence-electron chi connectivity index (χ4n) is 3.02. The predicted octanol–water partition coefficient (Wildman–Crippen LogP) is 2.71. The van der Waals surface area contributed by atoms with Crippen LogP contribution in [0.5, 0.6) is 0 Å². The van der Waals surface area contributed by atoms with Gasteiger partial charge in [-0.15, -0.1) is 0 Å². The summed E-state index contributed by atoms with van der Waals surface area (Å²) in [6.07, 6.45) is 7.96. The van der Waals surface area contributed by atoms with Crippen molar-refractivity contribution >= 4 is 12.6 Å². The highest BCUT2D eigenvalue weighted by atomic mass is 16.7. The van der Waals surface area contributed by atoms with Crippen molar-refractivity contribution in [3.05, 3.63) is 12.4 Å². The molecule has 1 aromatic rings. The topological polar surface area (TPSA) is 48.8 Å². The van der Waals surface area contributed by atoms with Crippen LogP contribution in [0.2, 0.25) is 0 Å². The third-order valence-electron chi connectivity index (χ3n) is 5.63. The van der Waals surface area contributed by atoms with E-state index in [2.05, 4.69) is 51.5 Å². The van der Waals surface area contributed by atoms with E-state index in [1.165, 1.54) is 19.3 Å². The van der Waals surface area contributed by atoms with E-state index < -0.39 is 0 Å². The van der Waals surface area contributed by atoms with Gasteiger partial charge in [-0.2, -0.15) is 5.10 Å². The van der Waals surface area contributed by atoms with Gasteiger partial charge < -0.3 is 14.0 Å². The molecule has 1 aromatic heterocycles. The highest BCUT2D eigenvalue weighted by Crippen LogP contribution is 2.36. The molecular weight excluding hydrogens is 341 g/mol. The van der Waals surface area contributed by atoms with E-state index in [0.717, 1.165) is 44.9 Å². The summed E-state index contributed by atoms with van der Waals surface area (Å²) in [6.45, 7) is 18.2. The smallest absolute Gasteiger partial charge is 0.399 e. The van der Waals surface area contributed by atoms with E-state index in [1.54, 1.807) is 0 Å². The Morgan fingerprint density at radius 2 is 1.59 bits per heavy atom. The van der Waals surface area contributed by atoms with Crippen LogP contribution in [0.25, 0.3) is 0 Å². The molecule has 0 aromatic carbocycles. The fraction of sp³-hybridized carbons (Fsp3) is 0.850. The van der Waals surface area contributed by atoms with Gasteiger partial charge in [-0.05, 0) is 27.7 Å². The maximum Gasteiger partial charge on any atom is 0.498 e. The van der Waals surface area contributed by atoms with E-state index in [1.807, 2.05) is 17.1 Å². The third kappa shape index (κ3) is 6.31. The molecule has 2 fully saturated rings. The summed E-state index contributed by atoms with van der Waals surface area (Å²) in [4.78, 5) is 2.40. The summed E-state index contributed by atoms with van der Waals surface area (Å²) in [7, 11) is -0.331. The zero-order valence-electron chi connectivity index (χ0n) is 18.2. The van der Waals surface area contributed by atoms with Gasteiger partial charge in [-0.25, -0.2) is 0 Å². The average molecular weight is 379 g/mol. The van der Waals surface area contributed by atoms with Gasteiger partial charge in [0.1, 0.15) is 0 Å². The molecule has 154 valence electrons. The van der Waals surface area contributed by atoms with Crippen LogP contribution < -0.4 is 5.46 Å². The number of hydrogen-bond donors (Lipinski definition) is 0. The Kier molecular flexibility index (Phi) is 8.34. The minimum absolute atomic E-state index is 0.312. The molecule has 0 bridgehead atoms. The highest BCUT2D eigenvalue weighted by molar-refractivity contribution is 6.61. The molecule has 0 N–H and O–H groups in total. The van der Waals surface area contributed by atoms with Gasteiger partial charge >= 0.3 is 7.12 Å². The van der Waals surface area contributed by atoms with Crippen molar-refractivity contribution in [2.45, 2.75) is 78.6 Å². The summed E-state index contributed by atoms with van der Waals surface area (Å²) in [5.41, 5.74) is 0.363. The Morgan fingerprint density at radius 3 is 2.11 bits per heavy atom. The molecule has 6 nitrogen and oxygen atoms in total. The van der Waals surface area contributed by atoms with Crippen LogP contribution >= 0.6 is 0 Å². The van der Waals surface area contributed by atoms with E-state index in [-0.39, 0.29) is 18.3 Å². The first-order chi connectivity index (χ1) is 12.8. The van der Waals surface area contributed by atoms with Crippen LogP contribution in [-0.2, 0) is 20.6 Å². The van der Waals surface area contributed by atoms with Crippen LogP contribution in [0.15, 0.2) is 12.4 Å². The Morgan fingerprint density at radius 1 is 1.00 bits per heavy atom. The molecule has 0 radical (unpaired) electrons. The van der Waals surface area contributed by atoms with Crippen molar-refractivity contribution in [2.75, 3.05) is 32.8 Å². The molecule has 0 aliphatic carbocycles. The summed E-state index contributed by atoms with van der Waals surface area (Å²) in [6, 6.07) is 0. The van der Waals surface area contributed by atoms with Gasteiger partial charge in [0.25, 0.3) is 0 Å². The predicted molar refractivity (Wildman–Crippen MR) is 110 cm³/mol. The first-order valence-corrected chi connectivity index (χ1v) is 10.5.